The number of hydrogen-bond donors (Lipinski definition) is 0. The van der Waals surface area contributed by atoms with Gasteiger partial charge in [0.25, 0.3) is 0 Å². The van der Waals surface area contributed by atoms with E-state index in [-0.39, 0.29) is 11.9 Å². The van der Waals surface area contributed by atoms with E-state index in [0.29, 0.717) is 0 Å². The topological polar surface area (TPSA) is 38.7 Å². The zero-order valence-electron chi connectivity index (χ0n) is 7.72. The molecule has 1 aliphatic rings. The number of hydrogen-bond acceptors (Lipinski definition) is 3. The highest BCUT2D eigenvalue weighted by Crippen LogP contribution is 2.29. The average Bonchev–Trinajstić information content (AvgIpc) is 3.02. The molecule has 0 spiro atoms. The summed E-state index contributed by atoms with van der Waals surface area (Å²) in [6.07, 6.45) is 3.43. The summed E-state index contributed by atoms with van der Waals surface area (Å²) in [5, 5.41) is 3.63. The van der Waals surface area contributed by atoms with Gasteiger partial charge in [-0.3, -0.25) is 0 Å². The van der Waals surface area contributed by atoms with Crippen molar-refractivity contribution >= 4 is 12.2 Å². The molecular formula is C11H11NO2. The van der Waals surface area contributed by atoms with Gasteiger partial charge in [-0.05, 0) is 18.4 Å². The van der Waals surface area contributed by atoms with Gasteiger partial charge < -0.3 is 4.84 Å². The lowest BCUT2D eigenvalue weighted by Gasteiger charge is -1.93. The molecule has 1 fully saturated rings. The lowest BCUT2D eigenvalue weighted by atomic mass is 10.2. The molecule has 0 radical (unpaired) electrons. The molecule has 0 amide bonds. The lowest BCUT2D eigenvalue weighted by Crippen LogP contribution is -2.01. The molecule has 0 unspecified atom stereocenters. The Hall–Kier alpha value is -1.64. The van der Waals surface area contributed by atoms with Gasteiger partial charge in [-0.15, -0.1) is 0 Å². The van der Waals surface area contributed by atoms with E-state index in [0.717, 1.165) is 18.4 Å². The number of nitrogens with zero attached hydrogens (tertiary/aromatic N) is 1. The van der Waals surface area contributed by atoms with Crippen LogP contribution in [0, 0.1) is 5.92 Å². The fourth-order valence-corrected chi connectivity index (χ4v) is 1.07. The molecule has 14 heavy (non-hydrogen) atoms. The van der Waals surface area contributed by atoms with Gasteiger partial charge in [-0.2, -0.15) is 0 Å². The molecule has 3 heteroatoms. The van der Waals surface area contributed by atoms with Gasteiger partial charge in [0.1, 0.15) is 0 Å². The minimum absolute atomic E-state index is 0.0999. The Morgan fingerprint density at radius 3 is 2.71 bits per heavy atom. The summed E-state index contributed by atoms with van der Waals surface area (Å²) in [4.78, 5) is 15.8. The predicted octanol–water partition coefficient (Wildman–Crippen LogP) is 1.97. The molecule has 0 aromatic heterocycles. The van der Waals surface area contributed by atoms with E-state index in [1.807, 2.05) is 30.3 Å². The van der Waals surface area contributed by atoms with Gasteiger partial charge >= 0.3 is 5.97 Å². The van der Waals surface area contributed by atoms with Crippen LogP contribution in [0.2, 0.25) is 0 Å². The van der Waals surface area contributed by atoms with Crippen molar-refractivity contribution in [3.8, 4) is 0 Å². The maximum absolute atomic E-state index is 11.1. The van der Waals surface area contributed by atoms with Gasteiger partial charge in [0.05, 0.1) is 12.1 Å². The van der Waals surface area contributed by atoms with E-state index < -0.39 is 0 Å². The molecule has 0 atom stereocenters. The molecule has 1 aromatic carbocycles. The minimum Gasteiger partial charge on any atom is -0.318 e. The minimum atomic E-state index is -0.211. The quantitative estimate of drug-likeness (QED) is 0.414. The third-order valence-electron chi connectivity index (χ3n) is 2.05. The van der Waals surface area contributed by atoms with Crippen molar-refractivity contribution in [2.24, 2.45) is 11.1 Å². The van der Waals surface area contributed by atoms with E-state index in [1.165, 1.54) is 0 Å². The van der Waals surface area contributed by atoms with Crippen LogP contribution in [0.5, 0.6) is 0 Å². The van der Waals surface area contributed by atoms with Gasteiger partial charge in [-0.25, -0.2) is 4.79 Å². The average molecular weight is 189 g/mol. The summed E-state index contributed by atoms with van der Waals surface area (Å²) in [6.45, 7) is 0. The second kappa shape index (κ2) is 4.05. The van der Waals surface area contributed by atoms with Crippen molar-refractivity contribution in [3.05, 3.63) is 35.9 Å². The highest BCUT2D eigenvalue weighted by molar-refractivity contribution is 5.80. The zero-order chi connectivity index (χ0) is 9.80. The molecule has 2 rings (SSSR count). The van der Waals surface area contributed by atoms with E-state index in [9.17, 15) is 4.79 Å². The molecule has 1 saturated carbocycles. The van der Waals surface area contributed by atoms with Crippen molar-refractivity contribution in [2.75, 3.05) is 0 Å². The van der Waals surface area contributed by atoms with Crippen LogP contribution in [-0.4, -0.2) is 12.2 Å². The Labute approximate surface area is 82.4 Å². The Morgan fingerprint density at radius 1 is 1.36 bits per heavy atom. The van der Waals surface area contributed by atoms with E-state index in [4.69, 9.17) is 4.84 Å². The molecule has 3 nitrogen and oxygen atoms in total. The Balaban J connectivity index is 1.85. The molecule has 0 bridgehead atoms. The second-order valence-electron chi connectivity index (χ2n) is 3.33. The first kappa shape index (κ1) is 8.94. The van der Waals surface area contributed by atoms with Crippen LogP contribution in [0.15, 0.2) is 35.5 Å². The Kier molecular flexibility index (Phi) is 2.58. The number of oxime groups is 1. The second-order valence-corrected chi connectivity index (χ2v) is 3.33. The number of benzene rings is 1. The molecule has 1 aromatic rings. The summed E-state index contributed by atoms with van der Waals surface area (Å²) < 4.78 is 0. The first-order valence-electron chi connectivity index (χ1n) is 4.65. The molecule has 72 valence electrons. The standard InChI is InChI=1S/C11H11NO2/c13-11(10-6-7-10)14-12-8-9-4-2-1-3-5-9/h1-5,8,10H,6-7H2/b12-8+. The smallest absolute Gasteiger partial charge is 0.318 e. The van der Waals surface area contributed by atoms with Crippen LogP contribution < -0.4 is 0 Å². The van der Waals surface area contributed by atoms with Crippen LogP contribution in [0.1, 0.15) is 18.4 Å². The van der Waals surface area contributed by atoms with Gasteiger partial charge in [0, 0.05) is 0 Å². The summed E-state index contributed by atoms with van der Waals surface area (Å²) in [5.41, 5.74) is 0.927. The third-order valence-corrected chi connectivity index (χ3v) is 2.05. The first-order valence-corrected chi connectivity index (χ1v) is 4.65. The van der Waals surface area contributed by atoms with Crippen LogP contribution in [0.3, 0.4) is 0 Å². The lowest BCUT2D eigenvalue weighted by molar-refractivity contribution is -0.145. The predicted molar refractivity (Wildman–Crippen MR) is 52.9 cm³/mol. The molecule has 0 saturated heterocycles. The normalized spacial score (nSPS) is 15.7. The van der Waals surface area contributed by atoms with E-state index in [1.54, 1.807) is 6.21 Å². The van der Waals surface area contributed by atoms with Gasteiger partial charge in [0.15, 0.2) is 0 Å². The maximum atomic E-state index is 11.1. The van der Waals surface area contributed by atoms with E-state index in [2.05, 4.69) is 5.16 Å². The number of rotatable bonds is 3. The molecular weight excluding hydrogens is 178 g/mol. The van der Waals surface area contributed by atoms with E-state index >= 15 is 0 Å². The maximum Gasteiger partial charge on any atom is 0.338 e. The SMILES string of the molecule is O=C(O/N=C/c1ccccc1)C1CC1. The monoisotopic (exact) mass is 189 g/mol. The van der Waals surface area contributed by atoms with Crippen LogP contribution in [0.4, 0.5) is 0 Å². The fourth-order valence-electron chi connectivity index (χ4n) is 1.07. The summed E-state index contributed by atoms with van der Waals surface area (Å²) >= 11 is 0. The number of carbonyl (C=O) groups is 1. The largest absolute Gasteiger partial charge is 0.338 e. The highest BCUT2D eigenvalue weighted by Gasteiger charge is 2.31. The van der Waals surface area contributed by atoms with Crippen LogP contribution >= 0.6 is 0 Å². The molecule has 1 aliphatic carbocycles. The summed E-state index contributed by atoms with van der Waals surface area (Å²) in [5.74, 6) is -0.111. The number of carbonyl (C=O) groups excluding carboxylic acids is 1. The molecule has 0 aliphatic heterocycles. The molecule has 0 heterocycles. The molecule has 0 N–H and O–H groups in total. The Morgan fingerprint density at radius 2 is 2.07 bits per heavy atom. The van der Waals surface area contributed by atoms with Gasteiger partial charge in [-0.1, -0.05) is 35.5 Å². The van der Waals surface area contributed by atoms with Gasteiger partial charge in [0.2, 0.25) is 0 Å². The van der Waals surface area contributed by atoms with Crippen molar-refractivity contribution in [1.29, 1.82) is 0 Å². The highest BCUT2D eigenvalue weighted by atomic mass is 16.7. The first-order chi connectivity index (χ1) is 6.86. The Bertz CT molecular complexity index is 342. The van der Waals surface area contributed by atoms with Crippen molar-refractivity contribution in [1.82, 2.24) is 0 Å². The third kappa shape index (κ3) is 2.42. The zero-order valence-corrected chi connectivity index (χ0v) is 7.72. The fraction of sp³-hybridized carbons (Fsp3) is 0.273. The van der Waals surface area contributed by atoms with Crippen molar-refractivity contribution < 1.29 is 9.63 Å². The van der Waals surface area contributed by atoms with Crippen molar-refractivity contribution in [2.45, 2.75) is 12.8 Å². The van der Waals surface area contributed by atoms with Crippen molar-refractivity contribution in [3.63, 3.8) is 0 Å². The van der Waals surface area contributed by atoms with Crippen LogP contribution in [0.25, 0.3) is 0 Å². The summed E-state index contributed by atoms with van der Waals surface area (Å²) in [6, 6.07) is 9.53. The summed E-state index contributed by atoms with van der Waals surface area (Å²) in [7, 11) is 0. The van der Waals surface area contributed by atoms with Crippen LogP contribution in [-0.2, 0) is 9.63 Å².